The second-order valence-corrected chi connectivity index (χ2v) is 22.0. The first-order valence-corrected chi connectivity index (χ1v) is 25.8. The van der Waals surface area contributed by atoms with Crippen LogP contribution in [0.2, 0.25) is 0 Å². The van der Waals surface area contributed by atoms with E-state index in [4.69, 9.17) is 34.9 Å². The molecule has 0 aromatic heterocycles. The van der Waals surface area contributed by atoms with Gasteiger partial charge in [-0.05, 0) is 167 Å². The molecule has 64 heavy (non-hydrogen) atoms. The van der Waals surface area contributed by atoms with Gasteiger partial charge in [-0.15, -0.1) is 0 Å². The lowest BCUT2D eigenvalue weighted by molar-refractivity contribution is 0.734. The fourth-order valence-corrected chi connectivity index (χ4v) is 15.2. The maximum atomic E-state index is 5.50. The molecule has 0 N–H and O–H groups in total. The molecular formula is C48H18Br8N8. The quantitative estimate of drug-likeness (QED) is 0.0845. The monoisotopic (exact) mass is 1340 g/mol. The SMILES string of the molecule is Brc1c2c(cc3ccccc13)C1=NC2=NC2(Br)N=C(N=C3N=C(c4c3c(Br)c3ccccc3c4Br)N(Br)C3=NC(=N1)c1cc4ccccc4c(Br)c13)c1c2c(Br)c2ccccc2c1Br. The predicted octanol–water partition coefficient (Wildman–Crippen LogP) is 15.4. The Morgan fingerprint density at radius 2 is 0.766 bits per heavy atom. The average Bonchev–Trinajstić information content (AvgIpc) is 4.04. The second kappa shape index (κ2) is 14.6. The van der Waals surface area contributed by atoms with Crippen molar-refractivity contribution in [1.29, 1.82) is 0 Å². The van der Waals surface area contributed by atoms with E-state index in [9.17, 15) is 0 Å². The van der Waals surface area contributed by atoms with Crippen LogP contribution in [0.5, 0.6) is 0 Å². The normalized spacial score (nSPS) is 18.1. The molecule has 8 nitrogen and oxygen atoms in total. The van der Waals surface area contributed by atoms with Gasteiger partial charge in [0.25, 0.3) is 0 Å². The van der Waals surface area contributed by atoms with Gasteiger partial charge in [-0.3, -0.25) is 0 Å². The van der Waals surface area contributed by atoms with Crippen LogP contribution in [-0.4, -0.2) is 44.8 Å². The number of halogens is 8. The smallest absolute Gasteiger partial charge is 0.237 e. The Morgan fingerprint density at radius 3 is 1.38 bits per heavy atom. The lowest BCUT2D eigenvalue weighted by Crippen LogP contribution is -2.28. The number of rotatable bonds is 0. The number of hydrogen-bond donors (Lipinski definition) is 0. The maximum absolute atomic E-state index is 5.50. The summed E-state index contributed by atoms with van der Waals surface area (Å²) in [5, 5.41) is 8.05. The molecule has 8 aromatic rings. The van der Waals surface area contributed by atoms with Gasteiger partial charge >= 0.3 is 0 Å². The summed E-state index contributed by atoms with van der Waals surface area (Å²) in [6.07, 6.45) is 0. The van der Waals surface area contributed by atoms with Crippen LogP contribution < -0.4 is 0 Å². The van der Waals surface area contributed by atoms with Crippen LogP contribution in [0.3, 0.4) is 0 Å². The summed E-state index contributed by atoms with van der Waals surface area (Å²) >= 11 is 32.3. The van der Waals surface area contributed by atoms with Gasteiger partial charge < -0.3 is 0 Å². The first-order valence-electron chi connectivity index (χ1n) is 19.5. The number of hydrogen-bond acceptors (Lipinski definition) is 8. The summed E-state index contributed by atoms with van der Waals surface area (Å²) in [7, 11) is 0. The van der Waals surface area contributed by atoms with Crippen molar-refractivity contribution in [3.63, 3.8) is 0 Å². The first kappa shape index (κ1) is 40.4. The molecular weight excluding hydrogens is 1330 g/mol. The molecule has 16 heteroatoms. The molecule has 1 unspecified atom stereocenters. The minimum absolute atomic E-state index is 0.419. The van der Waals surface area contributed by atoms with Gasteiger partial charge in [0.1, 0.15) is 0 Å². The molecule has 0 saturated carbocycles. The van der Waals surface area contributed by atoms with Crippen molar-refractivity contribution in [1.82, 2.24) is 3.93 Å². The van der Waals surface area contributed by atoms with E-state index in [1.54, 1.807) is 0 Å². The van der Waals surface area contributed by atoms with Crippen molar-refractivity contribution in [2.75, 3.05) is 0 Å². The van der Waals surface area contributed by atoms with Crippen LogP contribution >= 0.6 is 128 Å². The van der Waals surface area contributed by atoms with Crippen molar-refractivity contribution in [3.8, 4) is 0 Å². The molecule has 1 atom stereocenters. The molecule has 8 aromatic carbocycles. The number of aliphatic imine (C=N–C) groups is 7. The summed E-state index contributed by atoms with van der Waals surface area (Å²) in [4.78, 5) is 37.8. The Hall–Kier alpha value is -3.87. The standard InChI is InChI=1S/C48H18Br8N8/c49-35-21-11-3-1-9-19(21)17-27-29(35)44-58-41(27)57-42-28-18-20-10-2-4-12-22(20)36(50)30(28)46(60-42)64(56)47-32-31(37(51)23-13-5-6-14-24(23)38(32)52)43(61-47)59-45-33-34(48(55,62-44)63-45)40(54)26-16-8-7-15-25(26)39(33)53/h1-18H. The van der Waals surface area contributed by atoms with E-state index in [1.807, 2.05) is 52.5 Å². The molecule has 0 saturated heterocycles. The molecule has 0 amide bonds. The number of nitrogens with zero attached hydrogens (tertiary/aromatic N) is 8. The van der Waals surface area contributed by atoms with Crippen LogP contribution in [0.25, 0.3) is 43.1 Å². The van der Waals surface area contributed by atoms with Gasteiger partial charge in [0.15, 0.2) is 40.8 Å². The molecule has 0 aliphatic carbocycles. The minimum Gasteiger partial charge on any atom is -0.242 e. The van der Waals surface area contributed by atoms with Gasteiger partial charge in [0.05, 0.1) is 16.1 Å². The van der Waals surface area contributed by atoms with E-state index >= 15 is 0 Å². The van der Waals surface area contributed by atoms with Gasteiger partial charge in [-0.2, -0.15) is 0 Å². The Balaban J connectivity index is 1.19. The molecule has 0 fully saturated rings. The van der Waals surface area contributed by atoms with Gasteiger partial charge in [-0.25, -0.2) is 38.9 Å². The molecule has 0 radical (unpaired) electrons. The summed E-state index contributed by atoms with van der Waals surface area (Å²) in [6.45, 7) is 0. The largest absolute Gasteiger partial charge is 0.242 e. The summed E-state index contributed by atoms with van der Waals surface area (Å²) in [6, 6.07) is 37.2. The van der Waals surface area contributed by atoms with E-state index < -0.39 is 4.57 Å². The van der Waals surface area contributed by atoms with Crippen molar-refractivity contribution >= 4 is 212 Å². The third-order valence-corrected chi connectivity index (χ3v) is 18.4. The number of alkyl halides is 1. The van der Waals surface area contributed by atoms with Crippen LogP contribution in [0.1, 0.15) is 44.5 Å². The third-order valence-electron chi connectivity index (χ3n) is 12.0. The first-order chi connectivity index (χ1) is 31.0. The van der Waals surface area contributed by atoms with Crippen LogP contribution in [0, 0.1) is 0 Å². The fourth-order valence-electron chi connectivity index (χ4n) is 9.15. The molecule has 5 heterocycles. The number of benzene rings is 8. The number of amidine groups is 7. The van der Waals surface area contributed by atoms with Crippen molar-refractivity contribution in [3.05, 3.63) is 181 Å². The van der Waals surface area contributed by atoms with Crippen LogP contribution in [0.4, 0.5) is 0 Å². The fraction of sp³-hybridized carbons (Fsp3) is 0.0208. The van der Waals surface area contributed by atoms with Crippen LogP contribution in [0.15, 0.2) is 171 Å². The highest BCUT2D eigenvalue weighted by Crippen LogP contribution is 2.53. The zero-order valence-corrected chi connectivity index (χ0v) is 44.7. The Labute approximate surface area is 430 Å². The Bertz CT molecular complexity index is 3850. The third kappa shape index (κ3) is 5.60. The molecule has 306 valence electrons. The number of fused-ring (bicyclic) bond motifs is 20. The summed E-state index contributed by atoms with van der Waals surface area (Å²) < 4.78 is 5.50. The summed E-state index contributed by atoms with van der Waals surface area (Å²) in [5.41, 5.74) is 6.38. The highest BCUT2D eigenvalue weighted by molar-refractivity contribution is 9.12. The Morgan fingerprint density at radius 1 is 0.375 bits per heavy atom. The molecule has 0 spiro atoms. The van der Waals surface area contributed by atoms with Gasteiger partial charge in [0.2, 0.25) is 4.57 Å². The predicted molar refractivity (Wildman–Crippen MR) is 289 cm³/mol. The van der Waals surface area contributed by atoms with E-state index in [1.165, 1.54) is 0 Å². The lowest BCUT2D eigenvalue weighted by atomic mass is 9.99. The molecule has 5 aliphatic rings. The van der Waals surface area contributed by atoms with E-state index in [0.717, 1.165) is 114 Å². The Kier molecular flexibility index (Phi) is 9.20. The average molecular weight is 1350 g/mol. The highest BCUT2D eigenvalue weighted by atomic mass is 79.9. The van der Waals surface area contributed by atoms with E-state index in [0.29, 0.717) is 40.8 Å². The summed E-state index contributed by atoms with van der Waals surface area (Å²) in [5.74, 6) is 3.38. The minimum atomic E-state index is -1.40. The zero-order chi connectivity index (χ0) is 43.5. The van der Waals surface area contributed by atoms with E-state index in [-0.39, 0.29) is 0 Å². The molecule has 8 bridgehead atoms. The van der Waals surface area contributed by atoms with Gasteiger partial charge in [0, 0.05) is 71.3 Å². The lowest BCUT2D eigenvalue weighted by Gasteiger charge is -2.20. The van der Waals surface area contributed by atoms with Gasteiger partial charge in [-0.1, -0.05) is 97.1 Å². The van der Waals surface area contributed by atoms with E-state index in [2.05, 4.69) is 188 Å². The second-order valence-electron chi connectivity index (χ2n) is 15.4. The molecule has 13 rings (SSSR count). The van der Waals surface area contributed by atoms with Crippen LogP contribution in [-0.2, 0) is 4.57 Å². The maximum Gasteiger partial charge on any atom is 0.237 e. The van der Waals surface area contributed by atoms with Crippen molar-refractivity contribution in [2.45, 2.75) is 4.57 Å². The highest BCUT2D eigenvalue weighted by Gasteiger charge is 2.45. The molecule has 5 aliphatic heterocycles. The topological polar surface area (TPSA) is 89.8 Å². The van der Waals surface area contributed by atoms with Crippen molar-refractivity contribution in [2.24, 2.45) is 34.9 Å². The van der Waals surface area contributed by atoms with Crippen molar-refractivity contribution < 1.29 is 0 Å². The zero-order valence-electron chi connectivity index (χ0n) is 32.0.